The van der Waals surface area contributed by atoms with E-state index in [9.17, 15) is 9.59 Å². The molecule has 6 nitrogen and oxygen atoms in total. The molecule has 0 unspecified atom stereocenters. The molecule has 2 aromatic rings. The number of amides is 2. The van der Waals surface area contributed by atoms with E-state index in [1.807, 2.05) is 43.3 Å². The van der Waals surface area contributed by atoms with Gasteiger partial charge in [0, 0.05) is 11.4 Å². The number of hydrogen-bond donors (Lipinski definition) is 2. The molecule has 2 N–H and O–H groups in total. The summed E-state index contributed by atoms with van der Waals surface area (Å²) in [6, 6.07) is 16.6. The highest BCUT2D eigenvalue weighted by molar-refractivity contribution is 6.05. The second kappa shape index (κ2) is 9.22. The van der Waals surface area contributed by atoms with Crippen LogP contribution in [0.4, 0.5) is 5.69 Å². The van der Waals surface area contributed by atoms with Gasteiger partial charge in [-0.1, -0.05) is 36.4 Å². The monoisotopic (exact) mass is 339 g/mol. The van der Waals surface area contributed by atoms with Crippen LogP contribution in [0.15, 0.2) is 59.7 Å². The number of carbonyl (C=O) groups excluding carboxylic acids is 2. The highest BCUT2D eigenvalue weighted by Gasteiger charge is 2.06. The first-order valence-electron chi connectivity index (χ1n) is 7.90. The van der Waals surface area contributed by atoms with Gasteiger partial charge < -0.3 is 10.1 Å². The number of nitrogens with zero attached hydrogens (tertiary/aromatic N) is 1. The van der Waals surface area contributed by atoms with Crippen LogP contribution in [-0.2, 0) is 9.59 Å². The number of hydrazone groups is 1. The van der Waals surface area contributed by atoms with Gasteiger partial charge in [-0.2, -0.15) is 5.10 Å². The van der Waals surface area contributed by atoms with Crippen LogP contribution in [0.3, 0.4) is 0 Å². The van der Waals surface area contributed by atoms with E-state index in [0.717, 1.165) is 11.3 Å². The topological polar surface area (TPSA) is 79.8 Å². The molecule has 0 atom stereocenters. The van der Waals surface area contributed by atoms with Crippen LogP contribution >= 0.6 is 0 Å². The van der Waals surface area contributed by atoms with Crippen LogP contribution in [0, 0.1) is 6.92 Å². The van der Waals surface area contributed by atoms with Crippen molar-refractivity contribution in [2.45, 2.75) is 20.3 Å². The molecule has 0 aliphatic heterocycles. The lowest BCUT2D eigenvalue weighted by Crippen LogP contribution is -2.26. The first-order chi connectivity index (χ1) is 12.0. The number of nitrogens with one attached hydrogen (secondary N) is 2. The number of rotatable bonds is 7. The highest BCUT2D eigenvalue weighted by Crippen LogP contribution is 2.15. The van der Waals surface area contributed by atoms with E-state index in [1.165, 1.54) is 0 Å². The summed E-state index contributed by atoms with van der Waals surface area (Å²) in [6.07, 6.45) is 0.0911. The zero-order valence-corrected chi connectivity index (χ0v) is 14.3. The normalized spacial score (nSPS) is 10.9. The first-order valence-corrected chi connectivity index (χ1v) is 7.90. The molecule has 0 spiro atoms. The predicted molar refractivity (Wildman–Crippen MR) is 97.6 cm³/mol. The quantitative estimate of drug-likeness (QED) is 0.601. The molecule has 0 aliphatic carbocycles. The third-order valence-corrected chi connectivity index (χ3v) is 3.30. The predicted octanol–water partition coefficient (Wildman–Crippen LogP) is 2.89. The second-order valence-electron chi connectivity index (χ2n) is 5.53. The first kappa shape index (κ1) is 18.2. The van der Waals surface area contributed by atoms with Crippen molar-refractivity contribution in [2.75, 3.05) is 11.9 Å². The number of para-hydroxylation sites is 2. The summed E-state index contributed by atoms with van der Waals surface area (Å²) in [7, 11) is 0. The van der Waals surface area contributed by atoms with Crippen molar-refractivity contribution in [1.29, 1.82) is 0 Å². The summed E-state index contributed by atoms with van der Waals surface area (Å²) in [5, 5.41) is 6.67. The Hall–Kier alpha value is -3.15. The van der Waals surface area contributed by atoms with Gasteiger partial charge >= 0.3 is 0 Å². The molecule has 0 radical (unpaired) electrons. The van der Waals surface area contributed by atoms with Gasteiger partial charge in [0.05, 0.1) is 6.42 Å². The maximum absolute atomic E-state index is 11.9. The van der Waals surface area contributed by atoms with Gasteiger partial charge in [-0.05, 0) is 37.6 Å². The van der Waals surface area contributed by atoms with Crippen molar-refractivity contribution in [3.05, 3.63) is 60.2 Å². The molecule has 0 bridgehead atoms. The Bertz CT molecular complexity index is 758. The Balaban J connectivity index is 1.75. The number of aryl methyl sites for hydroxylation is 1. The van der Waals surface area contributed by atoms with Crippen LogP contribution in [0.2, 0.25) is 0 Å². The molecule has 0 heterocycles. The highest BCUT2D eigenvalue weighted by atomic mass is 16.5. The van der Waals surface area contributed by atoms with E-state index in [1.54, 1.807) is 25.1 Å². The molecule has 0 aromatic heterocycles. The van der Waals surface area contributed by atoms with Crippen molar-refractivity contribution in [1.82, 2.24) is 5.43 Å². The molecule has 130 valence electrons. The lowest BCUT2D eigenvalue weighted by Gasteiger charge is -2.08. The fraction of sp³-hybridized carbons (Fsp3) is 0.211. The zero-order valence-electron chi connectivity index (χ0n) is 14.3. The molecular formula is C19H21N3O3. The van der Waals surface area contributed by atoms with E-state index in [0.29, 0.717) is 11.5 Å². The number of hydrogen-bond acceptors (Lipinski definition) is 4. The summed E-state index contributed by atoms with van der Waals surface area (Å²) in [5.74, 6) is 0.0736. The lowest BCUT2D eigenvalue weighted by molar-refractivity contribution is -0.123. The van der Waals surface area contributed by atoms with Gasteiger partial charge in [0.1, 0.15) is 5.75 Å². The summed E-state index contributed by atoms with van der Waals surface area (Å²) >= 11 is 0. The average molecular weight is 339 g/mol. The Morgan fingerprint density at radius 3 is 2.40 bits per heavy atom. The summed E-state index contributed by atoms with van der Waals surface area (Å²) < 4.78 is 5.43. The molecule has 6 heteroatoms. The Labute approximate surface area is 146 Å². The van der Waals surface area contributed by atoms with Crippen molar-refractivity contribution in [2.24, 2.45) is 5.10 Å². The van der Waals surface area contributed by atoms with Crippen molar-refractivity contribution in [3.63, 3.8) is 0 Å². The van der Waals surface area contributed by atoms with E-state index >= 15 is 0 Å². The summed E-state index contributed by atoms with van der Waals surface area (Å²) in [4.78, 5) is 23.7. The minimum absolute atomic E-state index is 0.0911. The Morgan fingerprint density at radius 2 is 1.68 bits per heavy atom. The molecule has 2 rings (SSSR count). The fourth-order valence-electron chi connectivity index (χ4n) is 2.05. The Morgan fingerprint density at radius 1 is 1.00 bits per heavy atom. The number of ether oxygens (including phenoxy) is 1. The minimum atomic E-state index is -0.383. The number of anilines is 1. The maximum Gasteiger partial charge on any atom is 0.277 e. The van der Waals surface area contributed by atoms with Crippen LogP contribution in [0.5, 0.6) is 5.75 Å². The second-order valence-corrected chi connectivity index (χ2v) is 5.53. The molecule has 0 saturated heterocycles. The van der Waals surface area contributed by atoms with Crippen molar-refractivity contribution < 1.29 is 14.3 Å². The van der Waals surface area contributed by atoms with Gasteiger partial charge in [0.25, 0.3) is 5.91 Å². The molecule has 0 saturated carbocycles. The minimum Gasteiger partial charge on any atom is -0.483 e. The molecular weight excluding hydrogens is 318 g/mol. The van der Waals surface area contributed by atoms with Crippen LogP contribution < -0.4 is 15.5 Å². The van der Waals surface area contributed by atoms with Gasteiger partial charge in [0.15, 0.2) is 6.61 Å². The summed E-state index contributed by atoms with van der Waals surface area (Å²) in [5.41, 5.74) is 4.55. The van der Waals surface area contributed by atoms with Gasteiger partial charge in [-0.25, -0.2) is 5.43 Å². The van der Waals surface area contributed by atoms with Gasteiger partial charge in [-0.15, -0.1) is 0 Å². The van der Waals surface area contributed by atoms with E-state index in [2.05, 4.69) is 15.8 Å². The largest absolute Gasteiger partial charge is 0.483 e. The van der Waals surface area contributed by atoms with E-state index in [4.69, 9.17) is 4.74 Å². The van der Waals surface area contributed by atoms with Crippen LogP contribution in [0.25, 0.3) is 0 Å². The lowest BCUT2D eigenvalue weighted by atomic mass is 10.2. The van der Waals surface area contributed by atoms with Gasteiger partial charge in [-0.3, -0.25) is 9.59 Å². The smallest absolute Gasteiger partial charge is 0.277 e. The third-order valence-electron chi connectivity index (χ3n) is 3.30. The van der Waals surface area contributed by atoms with E-state index < -0.39 is 0 Å². The van der Waals surface area contributed by atoms with Gasteiger partial charge in [0.2, 0.25) is 5.91 Å². The summed E-state index contributed by atoms with van der Waals surface area (Å²) in [6.45, 7) is 3.44. The number of carbonyl (C=O) groups is 2. The zero-order chi connectivity index (χ0) is 18.1. The van der Waals surface area contributed by atoms with Crippen LogP contribution in [-0.4, -0.2) is 24.1 Å². The van der Waals surface area contributed by atoms with E-state index in [-0.39, 0.29) is 24.8 Å². The third kappa shape index (κ3) is 6.47. The average Bonchev–Trinajstić information content (AvgIpc) is 2.60. The van der Waals surface area contributed by atoms with Crippen LogP contribution in [0.1, 0.15) is 18.9 Å². The van der Waals surface area contributed by atoms with Crippen molar-refractivity contribution in [3.8, 4) is 5.75 Å². The van der Waals surface area contributed by atoms with Crippen molar-refractivity contribution >= 4 is 23.2 Å². The molecule has 2 amide bonds. The maximum atomic E-state index is 11.9. The Kier molecular flexibility index (Phi) is 6.71. The number of benzene rings is 2. The molecule has 25 heavy (non-hydrogen) atoms. The standard InChI is InChI=1S/C19H21N3O3/c1-14-8-6-7-11-17(14)25-13-19(24)22-21-15(2)12-18(23)20-16-9-4-3-5-10-16/h3-11H,12-13H2,1-2H3,(H,20,23)(H,22,24). The fourth-order valence-corrected chi connectivity index (χ4v) is 2.05. The SMILES string of the molecule is CC(CC(=O)Nc1ccccc1)=NNC(=O)COc1ccccc1C. The molecule has 2 aromatic carbocycles. The molecule has 0 aliphatic rings. The molecule has 0 fully saturated rings.